The lowest BCUT2D eigenvalue weighted by atomic mass is 9.98. The molecule has 2 rings (SSSR count). The molecule has 1 heterocycles. The van der Waals surface area contributed by atoms with E-state index >= 15 is 0 Å². The molecule has 0 spiro atoms. The van der Waals surface area contributed by atoms with E-state index in [0.717, 1.165) is 38.9 Å². The van der Waals surface area contributed by atoms with Crippen LogP contribution in [0.3, 0.4) is 0 Å². The third kappa shape index (κ3) is 2.71. The fourth-order valence-electron chi connectivity index (χ4n) is 2.40. The number of hydrogen-bond acceptors (Lipinski definition) is 2. The van der Waals surface area contributed by atoms with Crippen molar-refractivity contribution in [3.8, 4) is 0 Å². The summed E-state index contributed by atoms with van der Waals surface area (Å²) < 4.78 is 0. The van der Waals surface area contributed by atoms with Crippen LogP contribution in [0.4, 0.5) is 0 Å². The Morgan fingerprint density at radius 2 is 2.20 bits per heavy atom. The van der Waals surface area contributed by atoms with Gasteiger partial charge in [0.1, 0.15) is 0 Å². The molecule has 15 heavy (non-hydrogen) atoms. The SMILES string of the molecule is CCCN(C(=O)[C@@H]1CCCNC1)C1CC1. The molecule has 1 saturated heterocycles. The van der Waals surface area contributed by atoms with Crippen molar-refractivity contribution in [1.29, 1.82) is 0 Å². The van der Waals surface area contributed by atoms with Gasteiger partial charge in [0, 0.05) is 19.1 Å². The minimum absolute atomic E-state index is 0.255. The predicted octanol–water partition coefficient (Wildman–Crippen LogP) is 1.39. The number of rotatable bonds is 4. The Morgan fingerprint density at radius 1 is 1.40 bits per heavy atom. The second-order valence-corrected chi connectivity index (χ2v) is 4.81. The number of nitrogens with one attached hydrogen (secondary N) is 1. The van der Waals surface area contributed by atoms with Crippen molar-refractivity contribution in [1.82, 2.24) is 10.2 Å². The van der Waals surface area contributed by atoms with Gasteiger partial charge in [0.2, 0.25) is 5.91 Å². The summed E-state index contributed by atoms with van der Waals surface area (Å²) in [5.41, 5.74) is 0. The number of hydrogen-bond donors (Lipinski definition) is 1. The van der Waals surface area contributed by atoms with Crippen molar-refractivity contribution in [3.63, 3.8) is 0 Å². The van der Waals surface area contributed by atoms with Gasteiger partial charge in [-0.1, -0.05) is 6.92 Å². The van der Waals surface area contributed by atoms with Gasteiger partial charge in [-0.25, -0.2) is 0 Å². The van der Waals surface area contributed by atoms with E-state index < -0.39 is 0 Å². The van der Waals surface area contributed by atoms with Crippen molar-refractivity contribution >= 4 is 5.91 Å². The molecule has 0 aromatic heterocycles. The summed E-state index contributed by atoms with van der Waals surface area (Å²) in [6, 6.07) is 0.583. The quantitative estimate of drug-likeness (QED) is 0.760. The molecule has 1 amide bonds. The van der Waals surface area contributed by atoms with Crippen LogP contribution in [-0.2, 0) is 4.79 Å². The van der Waals surface area contributed by atoms with Crippen LogP contribution in [-0.4, -0.2) is 36.5 Å². The summed E-state index contributed by atoms with van der Waals surface area (Å²) in [6.07, 6.45) is 5.78. The predicted molar refractivity (Wildman–Crippen MR) is 60.6 cm³/mol. The van der Waals surface area contributed by atoms with E-state index in [9.17, 15) is 4.79 Å². The molecular formula is C12H22N2O. The van der Waals surface area contributed by atoms with Crippen molar-refractivity contribution in [2.75, 3.05) is 19.6 Å². The third-order valence-electron chi connectivity index (χ3n) is 3.38. The first-order valence-electron chi connectivity index (χ1n) is 6.34. The Labute approximate surface area is 92.2 Å². The largest absolute Gasteiger partial charge is 0.339 e. The van der Waals surface area contributed by atoms with E-state index in [1.807, 2.05) is 0 Å². The van der Waals surface area contributed by atoms with Crippen LogP contribution in [0.25, 0.3) is 0 Å². The Morgan fingerprint density at radius 3 is 2.73 bits per heavy atom. The summed E-state index contributed by atoms with van der Waals surface area (Å²) >= 11 is 0. The van der Waals surface area contributed by atoms with Crippen LogP contribution in [0.15, 0.2) is 0 Å². The van der Waals surface area contributed by atoms with Gasteiger partial charge in [-0.15, -0.1) is 0 Å². The van der Waals surface area contributed by atoms with Crippen LogP contribution < -0.4 is 5.32 Å². The molecule has 2 fully saturated rings. The molecule has 3 nitrogen and oxygen atoms in total. The number of carbonyl (C=O) groups is 1. The molecule has 1 aliphatic carbocycles. The van der Waals surface area contributed by atoms with Gasteiger partial charge >= 0.3 is 0 Å². The third-order valence-corrected chi connectivity index (χ3v) is 3.38. The summed E-state index contributed by atoms with van der Waals surface area (Å²) in [4.78, 5) is 14.4. The molecule has 0 bridgehead atoms. The van der Waals surface area contributed by atoms with Crippen LogP contribution in [0.1, 0.15) is 39.0 Å². The van der Waals surface area contributed by atoms with Gasteiger partial charge in [0.25, 0.3) is 0 Å². The molecule has 1 aliphatic heterocycles. The minimum Gasteiger partial charge on any atom is -0.339 e. The van der Waals surface area contributed by atoms with Gasteiger partial charge in [0.15, 0.2) is 0 Å². The van der Waals surface area contributed by atoms with Crippen molar-refractivity contribution in [3.05, 3.63) is 0 Å². The van der Waals surface area contributed by atoms with Crippen LogP contribution in [0.5, 0.6) is 0 Å². The molecule has 86 valence electrons. The number of nitrogens with zero attached hydrogens (tertiary/aromatic N) is 1. The Bertz CT molecular complexity index is 220. The first kappa shape index (κ1) is 10.9. The van der Waals surface area contributed by atoms with Crippen LogP contribution in [0.2, 0.25) is 0 Å². The van der Waals surface area contributed by atoms with E-state index in [1.54, 1.807) is 0 Å². The standard InChI is InChI=1S/C12H22N2O/c1-2-8-14(11-5-6-11)12(15)10-4-3-7-13-9-10/h10-11,13H,2-9H2,1H3/t10-/m1/s1. The molecule has 1 atom stereocenters. The highest BCUT2D eigenvalue weighted by molar-refractivity contribution is 5.79. The van der Waals surface area contributed by atoms with Gasteiger partial charge in [0.05, 0.1) is 5.92 Å². The Balaban J connectivity index is 1.90. The van der Waals surface area contributed by atoms with E-state index in [4.69, 9.17) is 0 Å². The molecule has 0 unspecified atom stereocenters. The molecule has 1 saturated carbocycles. The zero-order valence-electron chi connectivity index (χ0n) is 9.67. The topological polar surface area (TPSA) is 32.3 Å². The summed E-state index contributed by atoms with van der Waals surface area (Å²) in [6.45, 7) is 5.09. The van der Waals surface area contributed by atoms with Crippen molar-refractivity contribution in [2.24, 2.45) is 5.92 Å². The number of amides is 1. The van der Waals surface area contributed by atoms with Gasteiger partial charge in [-0.05, 0) is 38.6 Å². The van der Waals surface area contributed by atoms with Crippen molar-refractivity contribution in [2.45, 2.75) is 45.1 Å². The maximum Gasteiger partial charge on any atom is 0.227 e. The second kappa shape index (κ2) is 4.97. The van der Waals surface area contributed by atoms with Crippen LogP contribution in [0, 0.1) is 5.92 Å². The highest BCUT2D eigenvalue weighted by atomic mass is 16.2. The second-order valence-electron chi connectivity index (χ2n) is 4.81. The van der Waals surface area contributed by atoms with Gasteiger partial charge in [-0.2, -0.15) is 0 Å². The molecule has 1 N–H and O–H groups in total. The molecule has 0 radical (unpaired) electrons. The number of piperidine rings is 1. The monoisotopic (exact) mass is 210 g/mol. The first-order chi connectivity index (χ1) is 7.33. The zero-order chi connectivity index (χ0) is 10.7. The smallest absolute Gasteiger partial charge is 0.227 e. The fourth-order valence-corrected chi connectivity index (χ4v) is 2.40. The maximum atomic E-state index is 12.3. The lowest BCUT2D eigenvalue weighted by Crippen LogP contribution is -2.44. The minimum atomic E-state index is 0.255. The molecule has 2 aliphatic rings. The average Bonchev–Trinajstić information content (AvgIpc) is 3.10. The highest BCUT2D eigenvalue weighted by Gasteiger charge is 2.35. The first-order valence-corrected chi connectivity index (χ1v) is 6.34. The lowest BCUT2D eigenvalue weighted by molar-refractivity contribution is -0.136. The molecule has 0 aromatic carbocycles. The van der Waals surface area contributed by atoms with Crippen LogP contribution >= 0.6 is 0 Å². The summed E-state index contributed by atoms with van der Waals surface area (Å²) in [7, 11) is 0. The Kier molecular flexibility index (Phi) is 3.62. The zero-order valence-corrected chi connectivity index (χ0v) is 9.67. The molecular weight excluding hydrogens is 188 g/mol. The van der Waals surface area contributed by atoms with E-state index in [2.05, 4.69) is 17.1 Å². The lowest BCUT2D eigenvalue weighted by Gasteiger charge is -2.29. The van der Waals surface area contributed by atoms with E-state index in [-0.39, 0.29) is 5.92 Å². The number of carbonyl (C=O) groups excluding carboxylic acids is 1. The normalized spacial score (nSPS) is 26.3. The fraction of sp³-hybridized carbons (Fsp3) is 0.917. The average molecular weight is 210 g/mol. The highest BCUT2D eigenvalue weighted by Crippen LogP contribution is 2.29. The Hall–Kier alpha value is -0.570. The van der Waals surface area contributed by atoms with Crippen molar-refractivity contribution < 1.29 is 4.79 Å². The maximum absolute atomic E-state index is 12.3. The summed E-state index contributed by atoms with van der Waals surface area (Å²) in [5.74, 6) is 0.664. The molecule has 3 heteroatoms. The van der Waals surface area contributed by atoms with Gasteiger partial charge < -0.3 is 10.2 Å². The summed E-state index contributed by atoms with van der Waals surface area (Å²) in [5, 5.41) is 3.32. The van der Waals surface area contributed by atoms with E-state index in [1.165, 1.54) is 12.8 Å². The van der Waals surface area contributed by atoms with Gasteiger partial charge in [-0.3, -0.25) is 4.79 Å². The van der Waals surface area contributed by atoms with E-state index in [0.29, 0.717) is 11.9 Å². The molecule has 0 aromatic rings.